The summed E-state index contributed by atoms with van der Waals surface area (Å²) in [6.45, 7) is 6.95. The lowest BCUT2D eigenvalue weighted by Crippen LogP contribution is -2.65. The van der Waals surface area contributed by atoms with Crippen LogP contribution in [-0.4, -0.2) is 76.4 Å². The summed E-state index contributed by atoms with van der Waals surface area (Å²) in [6, 6.07) is -2.21. The van der Waals surface area contributed by atoms with Crippen molar-refractivity contribution in [3.8, 4) is 0 Å². The number of nitrogens with one attached hydrogen (secondary N) is 2. The lowest BCUT2D eigenvalue weighted by molar-refractivity contribution is -0.264. The highest BCUT2D eigenvalue weighted by Gasteiger charge is 2.47. The van der Waals surface area contributed by atoms with Gasteiger partial charge in [-0.3, -0.25) is 9.59 Å². The van der Waals surface area contributed by atoms with Crippen molar-refractivity contribution in [2.45, 2.75) is 154 Å². The zero-order valence-corrected chi connectivity index (χ0v) is 25.7. The van der Waals surface area contributed by atoms with Gasteiger partial charge in [-0.25, -0.2) is 4.79 Å². The van der Waals surface area contributed by atoms with E-state index in [4.69, 9.17) is 9.47 Å². The molecule has 0 saturated carbocycles. The molecule has 1 rings (SSSR count). The molecule has 1 aliphatic heterocycles. The Morgan fingerprint density at radius 1 is 0.829 bits per heavy atom. The Bertz CT molecular complexity index is 775. The van der Waals surface area contributed by atoms with Gasteiger partial charge in [-0.15, -0.1) is 0 Å². The van der Waals surface area contributed by atoms with Crippen molar-refractivity contribution < 1.29 is 39.2 Å². The van der Waals surface area contributed by atoms with E-state index in [1.807, 2.05) is 6.92 Å². The van der Waals surface area contributed by atoms with E-state index in [-0.39, 0.29) is 24.7 Å². The number of ether oxygens (including phenoxy) is 2. The summed E-state index contributed by atoms with van der Waals surface area (Å²) >= 11 is 0. The number of allylic oxidation sites excluding steroid dienone is 2. The first-order valence-electron chi connectivity index (χ1n) is 15.7. The summed E-state index contributed by atoms with van der Waals surface area (Å²) in [4.78, 5) is 37.9. The number of hydrogen-bond donors (Lipinski definition) is 5. The quantitative estimate of drug-likeness (QED) is 0.0778. The highest BCUT2D eigenvalue weighted by atomic mass is 16.7. The van der Waals surface area contributed by atoms with Crippen LogP contribution < -0.4 is 10.6 Å². The Morgan fingerprint density at radius 3 is 2.02 bits per heavy atom. The molecule has 5 N–H and O–H groups in total. The summed E-state index contributed by atoms with van der Waals surface area (Å²) in [5.41, 5.74) is 0. The molecule has 0 radical (unpaired) electrons. The average molecular weight is 585 g/mol. The molecule has 41 heavy (non-hydrogen) atoms. The van der Waals surface area contributed by atoms with Crippen molar-refractivity contribution in [1.29, 1.82) is 0 Å². The number of unbranched alkanes of at least 4 members (excludes halogenated alkanes) is 9. The van der Waals surface area contributed by atoms with E-state index >= 15 is 0 Å². The van der Waals surface area contributed by atoms with Gasteiger partial charge >= 0.3 is 5.97 Å². The lowest BCUT2D eigenvalue weighted by Gasteiger charge is -2.42. The van der Waals surface area contributed by atoms with Gasteiger partial charge in [0.2, 0.25) is 18.1 Å². The number of carbonyl (C=O) groups is 3. The number of carbonyl (C=O) groups excluding carboxylic acids is 3. The van der Waals surface area contributed by atoms with Gasteiger partial charge in [0.15, 0.2) is 0 Å². The largest absolute Gasteiger partial charge is 0.432 e. The predicted molar refractivity (Wildman–Crippen MR) is 158 cm³/mol. The fourth-order valence-corrected chi connectivity index (χ4v) is 4.76. The molecule has 0 bridgehead atoms. The molecular weight excluding hydrogens is 528 g/mol. The summed E-state index contributed by atoms with van der Waals surface area (Å²) < 4.78 is 11.0. The predicted octanol–water partition coefficient (Wildman–Crippen LogP) is 3.65. The smallest absolute Gasteiger partial charge is 0.331 e. The van der Waals surface area contributed by atoms with Gasteiger partial charge in [-0.05, 0) is 44.4 Å². The topological polar surface area (TPSA) is 154 Å². The van der Waals surface area contributed by atoms with Crippen LogP contribution in [0, 0.1) is 5.92 Å². The molecule has 0 aromatic carbocycles. The summed E-state index contributed by atoms with van der Waals surface area (Å²) in [6.07, 6.45) is 12.3. The van der Waals surface area contributed by atoms with Gasteiger partial charge in [-0.2, -0.15) is 0 Å². The Morgan fingerprint density at radius 2 is 1.44 bits per heavy atom. The minimum absolute atomic E-state index is 0.170. The zero-order valence-electron chi connectivity index (χ0n) is 25.7. The van der Waals surface area contributed by atoms with Crippen LogP contribution in [0.1, 0.15) is 118 Å². The minimum atomic E-state index is -1.53. The Kier molecular flexibility index (Phi) is 19.6. The van der Waals surface area contributed by atoms with Gasteiger partial charge in [0, 0.05) is 12.8 Å². The molecule has 2 amide bonds. The van der Waals surface area contributed by atoms with Crippen LogP contribution in [0.4, 0.5) is 0 Å². The summed E-state index contributed by atoms with van der Waals surface area (Å²) in [7, 11) is 0. The third-order valence-corrected chi connectivity index (χ3v) is 7.32. The van der Waals surface area contributed by atoms with Gasteiger partial charge in [0.1, 0.15) is 30.4 Å². The van der Waals surface area contributed by atoms with Gasteiger partial charge < -0.3 is 35.4 Å². The highest BCUT2D eigenvalue weighted by molar-refractivity contribution is 5.84. The molecule has 6 unspecified atom stereocenters. The first kappa shape index (κ1) is 37.0. The molecule has 1 fully saturated rings. The molecule has 0 aliphatic carbocycles. The Hall–Kier alpha value is -2.01. The molecule has 0 aromatic heterocycles. The number of amides is 2. The number of aliphatic hydroxyl groups is 3. The number of hydrogen-bond acceptors (Lipinski definition) is 8. The van der Waals surface area contributed by atoms with Crippen LogP contribution >= 0.6 is 0 Å². The fourth-order valence-electron chi connectivity index (χ4n) is 4.76. The molecule has 10 heteroatoms. The van der Waals surface area contributed by atoms with E-state index in [1.54, 1.807) is 13.8 Å². The second kappa shape index (κ2) is 21.7. The number of rotatable bonds is 21. The van der Waals surface area contributed by atoms with Crippen LogP contribution in [0.3, 0.4) is 0 Å². The van der Waals surface area contributed by atoms with Crippen molar-refractivity contribution >= 4 is 17.8 Å². The second-order valence-corrected chi connectivity index (χ2v) is 11.4. The second-order valence-electron chi connectivity index (χ2n) is 11.4. The number of esters is 1. The molecule has 1 aliphatic rings. The highest BCUT2D eigenvalue weighted by Crippen LogP contribution is 2.23. The lowest BCUT2D eigenvalue weighted by atomic mass is 9.96. The van der Waals surface area contributed by atoms with Crippen LogP contribution in [0.2, 0.25) is 0 Å². The van der Waals surface area contributed by atoms with E-state index in [1.165, 1.54) is 38.5 Å². The van der Waals surface area contributed by atoms with Crippen LogP contribution in [0.15, 0.2) is 12.2 Å². The van der Waals surface area contributed by atoms with E-state index in [9.17, 15) is 29.7 Å². The van der Waals surface area contributed by atoms with Crippen molar-refractivity contribution in [3.63, 3.8) is 0 Å². The van der Waals surface area contributed by atoms with Crippen molar-refractivity contribution in [3.05, 3.63) is 12.2 Å². The maximum atomic E-state index is 13.1. The molecule has 238 valence electrons. The first-order valence-corrected chi connectivity index (χ1v) is 15.7. The van der Waals surface area contributed by atoms with E-state index in [2.05, 4.69) is 29.7 Å². The molecule has 0 aromatic rings. The Labute approximate surface area is 246 Å². The third-order valence-electron chi connectivity index (χ3n) is 7.32. The Balaban J connectivity index is 2.51. The maximum Gasteiger partial charge on any atom is 0.331 e. The fraction of sp³-hybridized carbons (Fsp3) is 0.839. The zero-order chi connectivity index (χ0) is 30.6. The normalized spacial score (nSPS) is 23.5. The van der Waals surface area contributed by atoms with Gasteiger partial charge in [0.25, 0.3) is 0 Å². The standard InChI is InChI=1S/C31H56N2O8/c1-5-7-8-9-10-11-12-13-14-15-16-17-18-20-25(36)32-26(22(3)4)30(39)41-31-27(33-24(35)19-6-2)29(38)28(37)23(21-34)40-31/h13-14,22-23,26-29,31,34,37-38H,5-12,15-21H2,1-4H3,(H,32,36)(H,33,35)/b14-13-. The van der Waals surface area contributed by atoms with Crippen molar-refractivity contribution in [1.82, 2.24) is 10.6 Å². The molecule has 0 spiro atoms. The van der Waals surface area contributed by atoms with Crippen molar-refractivity contribution in [2.75, 3.05) is 6.61 Å². The van der Waals surface area contributed by atoms with Crippen LogP contribution in [0.5, 0.6) is 0 Å². The van der Waals surface area contributed by atoms with Gasteiger partial charge in [0.05, 0.1) is 6.61 Å². The molecule has 10 nitrogen and oxygen atoms in total. The minimum Gasteiger partial charge on any atom is -0.432 e. The SMILES string of the molecule is CCCCCCCC/C=C\CCCCCC(=O)NC(C(=O)OC1OC(CO)C(O)C(O)C1NC(=O)CCC)C(C)C. The first-order chi connectivity index (χ1) is 19.7. The number of aliphatic hydroxyl groups excluding tert-OH is 3. The maximum absolute atomic E-state index is 13.1. The molecule has 6 atom stereocenters. The summed E-state index contributed by atoms with van der Waals surface area (Å²) in [5, 5.41) is 35.6. The van der Waals surface area contributed by atoms with Crippen LogP contribution in [-0.2, 0) is 23.9 Å². The molecular formula is C31H56N2O8. The van der Waals surface area contributed by atoms with Gasteiger partial charge in [-0.1, -0.05) is 78.4 Å². The van der Waals surface area contributed by atoms with E-state index < -0.39 is 55.2 Å². The van der Waals surface area contributed by atoms with E-state index in [0.29, 0.717) is 12.8 Å². The average Bonchev–Trinajstić information content (AvgIpc) is 2.93. The van der Waals surface area contributed by atoms with E-state index in [0.717, 1.165) is 25.7 Å². The molecule has 1 heterocycles. The summed E-state index contributed by atoms with van der Waals surface area (Å²) in [5.74, 6) is -1.76. The molecule has 1 saturated heterocycles. The van der Waals surface area contributed by atoms with Crippen LogP contribution in [0.25, 0.3) is 0 Å². The third kappa shape index (κ3) is 14.6. The monoisotopic (exact) mass is 584 g/mol. The van der Waals surface area contributed by atoms with Crippen molar-refractivity contribution in [2.24, 2.45) is 5.92 Å².